The highest BCUT2D eigenvalue weighted by Gasteiger charge is 2.16. The van der Waals surface area contributed by atoms with Crippen molar-refractivity contribution in [1.82, 2.24) is 0 Å². The van der Waals surface area contributed by atoms with Crippen LogP contribution in [0.1, 0.15) is 22.8 Å². The molecule has 0 bridgehead atoms. The van der Waals surface area contributed by atoms with Crippen molar-refractivity contribution in [3.05, 3.63) is 63.1 Å². The summed E-state index contributed by atoms with van der Waals surface area (Å²) in [6, 6.07) is 11.1. The number of aliphatic hydroxyl groups excluding tert-OH is 1. The van der Waals surface area contributed by atoms with Gasteiger partial charge in [0.1, 0.15) is 5.75 Å². The molecule has 2 nitrogen and oxygen atoms in total. The molecule has 106 valence electrons. The summed E-state index contributed by atoms with van der Waals surface area (Å²) in [6.45, 7) is 1.98. The first-order chi connectivity index (χ1) is 9.52. The predicted octanol–water partition coefficient (Wildman–Crippen LogP) is 4.59. The normalized spacial score (nSPS) is 12.2. The molecule has 0 radical (unpaired) electrons. The largest absolute Gasteiger partial charge is 0.496 e. The number of hydrogen-bond acceptors (Lipinski definition) is 2. The van der Waals surface area contributed by atoms with Gasteiger partial charge in [-0.1, -0.05) is 47.5 Å². The molecule has 0 aliphatic rings. The Kier molecular flexibility index (Phi) is 4.92. The molecule has 20 heavy (non-hydrogen) atoms. The van der Waals surface area contributed by atoms with Crippen LogP contribution in [0, 0.1) is 6.92 Å². The van der Waals surface area contributed by atoms with Crippen LogP contribution in [0.5, 0.6) is 5.75 Å². The van der Waals surface area contributed by atoms with Gasteiger partial charge < -0.3 is 9.84 Å². The summed E-state index contributed by atoms with van der Waals surface area (Å²) in [4.78, 5) is 0. The minimum absolute atomic E-state index is 0.388. The van der Waals surface area contributed by atoms with Gasteiger partial charge >= 0.3 is 0 Å². The van der Waals surface area contributed by atoms with Crippen molar-refractivity contribution in [2.45, 2.75) is 19.4 Å². The second-order valence-corrected chi connectivity index (χ2v) is 5.46. The fourth-order valence-corrected chi connectivity index (χ4v) is 2.52. The Morgan fingerprint density at radius 1 is 1.20 bits per heavy atom. The summed E-state index contributed by atoms with van der Waals surface area (Å²) in [5.41, 5.74) is 2.64. The quantitative estimate of drug-likeness (QED) is 0.895. The second kappa shape index (κ2) is 6.49. The van der Waals surface area contributed by atoms with Gasteiger partial charge in [-0.25, -0.2) is 0 Å². The van der Waals surface area contributed by atoms with Crippen LogP contribution in [0.4, 0.5) is 0 Å². The Labute approximate surface area is 128 Å². The number of halogens is 2. The summed E-state index contributed by atoms with van der Waals surface area (Å²) in [5, 5.41) is 11.4. The van der Waals surface area contributed by atoms with E-state index in [9.17, 15) is 5.11 Å². The van der Waals surface area contributed by atoms with Gasteiger partial charge in [-0.15, -0.1) is 0 Å². The lowest BCUT2D eigenvalue weighted by Gasteiger charge is -2.16. The molecule has 0 heterocycles. The van der Waals surface area contributed by atoms with E-state index in [0.29, 0.717) is 22.2 Å². The van der Waals surface area contributed by atoms with Crippen LogP contribution in [0.2, 0.25) is 10.0 Å². The number of rotatable bonds is 4. The zero-order valence-electron chi connectivity index (χ0n) is 11.4. The van der Waals surface area contributed by atoms with E-state index in [0.717, 1.165) is 16.7 Å². The number of benzene rings is 2. The third kappa shape index (κ3) is 3.26. The van der Waals surface area contributed by atoms with Crippen LogP contribution >= 0.6 is 23.2 Å². The summed E-state index contributed by atoms with van der Waals surface area (Å²) in [6.07, 6.45) is -0.305. The molecule has 0 saturated heterocycles. The van der Waals surface area contributed by atoms with Gasteiger partial charge in [0, 0.05) is 12.0 Å². The van der Waals surface area contributed by atoms with Crippen LogP contribution < -0.4 is 4.74 Å². The van der Waals surface area contributed by atoms with Gasteiger partial charge in [-0.2, -0.15) is 0 Å². The van der Waals surface area contributed by atoms with Crippen LogP contribution in [-0.2, 0) is 6.42 Å². The van der Waals surface area contributed by atoms with E-state index in [1.807, 2.05) is 37.3 Å². The molecule has 2 aromatic carbocycles. The molecule has 0 aliphatic heterocycles. The lowest BCUT2D eigenvalue weighted by atomic mass is 9.99. The van der Waals surface area contributed by atoms with E-state index in [1.165, 1.54) is 0 Å². The Balaban J connectivity index is 2.28. The molecule has 2 aromatic rings. The summed E-state index contributed by atoms with van der Waals surface area (Å²) in [7, 11) is 1.59. The molecule has 0 aromatic heterocycles. The molecule has 4 heteroatoms. The fourth-order valence-electron chi connectivity index (χ4n) is 2.12. The van der Waals surface area contributed by atoms with Crippen molar-refractivity contribution in [1.29, 1.82) is 0 Å². The zero-order chi connectivity index (χ0) is 14.7. The minimum atomic E-state index is -0.693. The van der Waals surface area contributed by atoms with Gasteiger partial charge in [0.2, 0.25) is 0 Å². The lowest BCUT2D eigenvalue weighted by Crippen LogP contribution is -2.05. The Morgan fingerprint density at radius 2 is 1.95 bits per heavy atom. The van der Waals surface area contributed by atoms with Crippen LogP contribution in [0.25, 0.3) is 0 Å². The van der Waals surface area contributed by atoms with E-state index in [2.05, 4.69) is 0 Å². The first-order valence-corrected chi connectivity index (χ1v) is 7.04. The van der Waals surface area contributed by atoms with E-state index in [-0.39, 0.29) is 0 Å². The third-order valence-electron chi connectivity index (χ3n) is 3.19. The minimum Gasteiger partial charge on any atom is -0.496 e. The maximum absolute atomic E-state index is 10.4. The van der Waals surface area contributed by atoms with Gasteiger partial charge in [0.15, 0.2) is 0 Å². The molecule has 1 atom stereocenters. The highest BCUT2D eigenvalue weighted by atomic mass is 35.5. The maximum Gasteiger partial charge on any atom is 0.124 e. The summed E-state index contributed by atoms with van der Waals surface area (Å²) < 4.78 is 5.32. The van der Waals surface area contributed by atoms with Gasteiger partial charge in [0.25, 0.3) is 0 Å². The number of aryl methyl sites for hydroxylation is 1. The maximum atomic E-state index is 10.4. The number of methoxy groups -OCH3 is 1. The molecule has 0 amide bonds. The summed E-state index contributed by atoms with van der Waals surface area (Å²) in [5.74, 6) is 0.677. The van der Waals surface area contributed by atoms with Gasteiger partial charge in [-0.05, 0) is 30.2 Å². The number of ether oxygens (including phenoxy) is 1. The molecule has 1 N–H and O–H groups in total. The Bertz CT molecular complexity index is 611. The predicted molar refractivity (Wildman–Crippen MR) is 82.9 cm³/mol. The monoisotopic (exact) mass is 310 g/mol. The van der Waals surface area contributed by atoms with Crippen molar-refractivity contribution < 1.29 is 9.84 Å². The van der Waals surface area contributed by atoms with Crippen LogP contribution in [0.3, 0.4) is 0 Å². The first kappa shape index (κ1) is 15.2. The van der Waals surface area contributed by atoms with E-state index < -0.39 is 6.10 Å². The molecule has 1 unspecified atom stereocenters. The number of aliphatic hydroxyl groups is 1. The van der Waals surface area contributed by atoms with Gasteiger partial charge in [0.05, 0.1) is 23.3 Å². The van der Waals surface area contributed by atoms with Crippen molar-refractivity contribution in [3.63, 3.8) is 0 Å². The smallest absolute Gasteiger partial charge is 0.124 e. The summed E-state index contributed by atoms with van der Waals surface area (Å²) >= 11 is 12.1. The second-order valence-electron chi connectivity index (χ2n) is 4.68. The van der Waals surface area contributed by atoms with Crippen molar-refractivity contribution in [3.8, 4) is 5.75 Å². The molecule has 0 fully saturated rings. The van der Waals surface area contributed by atoms with E-state index in [4.69, 9.17) is 27.9 Å². The third-order valence-corrected chi connectivity index (χ3v) is 4.05. The average molecular weight is 311 g/mol. The highest BCUT2D eigenvalue weighted by molar-refractivity contribution is 6.42. The van der Waals surface area contributed by atoms with Crippen molar-refractivity contribution >= 4 is 23.2 Å². The Hall–Kier alpha value is -1.22. The molecule has 2 rings (SSSR count). The highest BCUT2D eigenvalue weighted by Crippen LogP contribution is 2.32. The van der Waals surface area contributed by atoms with E-state index in [1.54, 1.807) is 13.2 Å². The molecular formula is C16H16Cl2O2. The van der Waals surface area contributed by atoms with Crippen LogP contribution in [0.15, 0.2) is 36.4 Å². The molecule has 0 saturated carbocycles. The SMILES string of the molecule is COc1cc(C)ccc1C(O)Cc1cccc(Cl)c1Cl. The first-order valence-electron chi connectivity index (χ1n) is 6.28. The zero-order valence-corrected chi connectivity index (χ0v) is 12.9. The van der Waals surface area contributed by atoms with Crippen molar-refractivity contribution in [2.75, 3.05) is 7.11 Å². The molecule has 0 aliphatic carbocycles. The topological polar surface area (TPSA) is 29.5 Å². The molecule has 0 spiro atoms. The Morgan fingerprint density at radius 3 is 2.65 bits per heavy atom. The average Bonchev–Trinajstić information content (AvgIpc) is 2.43. The standard InChI is InChI=1S/C16H16Cl2O2/c1-10-6-7-12(15(8-10)20-2)14(19)9-11-4-3-5-13(17)16(11)18/h3-8,14,19H,9H2,1-2H3. The molecular weight excluding hydrogens is 295 g/mol. The fraction of sp³-hybridized carbons (Fsp3) is 0.250. The van der Waals surface area contributed by atoms with E-state index >= 15 is 0 Å². The number of hydrogen-bond donors (Lipinski definition) is 1. The van der Waals surface area contributed by atoms with Gasteiger partial charge in [-0.3, -0.25) is 0 Å². The van der Waals surface area contributed by atoms with Crippen LogP contribution in [-0.4, -0.2) is 12.2 Å². The van der Waals surface area contributed by atoms with Crippen molar-refractivity contribution in [2.24, 2.45) is 0 Å². The lowest BCUT2D eigenvalue weighted by molar-refractivity contribution is 0.174.